The molecule has 0 aromatic heterocycles. The molecule has 0 heterocycles. The summed E-state index contributed by atoms with van der Waals surface area (Å²) in [6.07, 6.45) is -1.14. The largest absolute Gasteiger partial charge is 0.481 e. The molecule has 1 aromatic carbocycles. The van der Waals surface area contributed by atoms with E-state index < -0.39 is 54.2 Å². The van der Waals surface area contributed by atoms with E-state index >= 15 is 0 Å². The monoisotopic (exact) mass is 408 g/mol. The van der Waals surface area contributed by atoms with Gasteiger partial charge in [0, 0.05) is 12.8 Å². The molecule has 0 aliphatic rings. The Balaban J connectivity index is 2.82. The molecule has 11 heteroatoms. The molecule has 0 aliphatic heterocycles. The molecular weight excluding hydrogens is 384 g/mol. The number of carboxylic acid groups (broad SMARTS) is 2. The van der Waals surface area contributed by atoms with Gasteiger partial charge in [0.15, 0.2) is 0 Å². The molecule has 1 rings (SSSR count). The molecule has 8 N–H and O–H groups in total. The average molecular weight is 408 g/mol. The predicted molar refractivity (Wildman–Crippen MR) is 100 cm³/mol. The van der Waals surface area contributed by atoms with Crippen molar-refractivity contribution in [2.24, 2.45) is 11.5 Å². The smallest absolute Gasteiger partial charge is 0.326 e. The van der Waals surface area contributed by atoms with Crippen molar-refractivity contribution in [2.45, 2.75) is 43.8 Å². The zero-order valence-corrected chi connectivity index (χ0v) is 15.5. The van der Waals surface area contributed by atoms with Gasteiger partial charge in [-0.3, -0.25) is 19.2 Å². The van der Waals surface area contributed by atoms with E-state index in [4.69, 9.17) is 16.6 Å². The summed E-state index contributed by atoms with van der Waals surface area (Å²) < 4.78 is 0. The van der Waals surface area contributed by atoms with Crippen LogP contribution in [0.1, 0.15) is 24.8 Å². The number of nitrogens with one attached hydrogen (secondary N) is 2. The molecule has 0 bridgehead atoms. The third kappa shape index (κ3) is 8.84. The van der Waals surface area contributed by atoms with Gasteiger partial charge in [-0.25, -0.2) is 4.79 Å². The highest BCUT2D eigenvalue weighted by Crippen LogP contribution is 2.05. The minimum absolute atomic E-state index is 0.0166. The number of nitrogens with two attached hydrogens (primary N) is 2. The molecule has 0 saturated heterocycles. The lowest BCUT2D eigenvalue weighted by Gasteiger charge is -2.22. The summed E-state index contributed by atoms with van der Waals surface area (Å²) in [7, 11) is 0. The summed E-state index contributed by atoms with van der Waals surface area (Å²) in [5, 5.41) is 22.5. The molecule has 0 aliphatic carbocycles. The Morgan fingerprint density at radius 2 is 1.52 bits per heavy atom. The first-order valence-electron chi connectivity index (χ1n) is 8.73. The number of carbonyl (C=O) groups excluding carboxylic acids is 3. The van der Waals surface area contributed by atoms with Crippen LogP contribution in [0.4, 0.5) is 0 Å². The zero-order valence-electron chi connectivity index (χ0n) is 15.5. The van der Waals surface area contributed by atoms with Crippen molar-refractivity contribution >= 4 is 29.7 Å². The highest BCUT2D eigenvalue weighted by molar-refractivity contribution is 5.94. The van der Waals surface area contributed by atoms with Gasteiger partial charge >= 0.3 is 11.9 Å². The highest BCUT2D eigenvalue weighted by Gasteiger charge is 2.29. The first-order valence-corrected chi connectivity index (χ1v) is 8.73. The molecular formula is C18H24N4O7. The van der Waals surface area contributed by atoms with Crippen LogP contribution in [0.25, 0.3) is 0 Å². The Bertz CT molecular complexity index is 754. The fourth-order valence-electron chi connectivity index (χ4n) is 2.42. The molecule has 3 atom stereocenters. The molecule has 3 amide bonds. The summed E-state index contributed by atoms with van der Waals surface area (Å²) in [5.41, 5.74) is 11.3. The van der Waals surface area contributed by atoms with Gasteiger partial charge in [-0.2, -0.15) is 0 Å². The average Bonchev–Trinajstić information content (AvgIpc) is 2.65. The van der Waals surface area contributed by atoms with Gasteiger partial charge in [-0.15, -0.1) is 0 Å². The second-order valence-electron chi connectivity index (χ2n) is 6.36. The van der Waals surface area contributed by atoms with Gasteiger partial charge in [0.25, 0.3) is 0 Å². The topological polar surface area (TPSA) is 202 Å². The molecule has 0 fully saturated rings. The minimum Gasteiger partial charge on any atom is -0.481 e. The fraction of sp³-hybridized carbons (Fsp3) is 0.389. The Morgan fingerprint density at radius 1 is 0.931 bits per heavy atom. The van der Waals surface area contributed by atoms with Crippen molar-refractivity contribution in [3.63, 3.8) is 0 Å². The number of carboxylic acids is 2. The molecule has 1 aromatic rings. The van der Waals surface area contributed by atoms with E-state index in [0.29, 0.717) is 5.56 Å². The van der Waals surface area contributed by atoms with Crippen molar-refractivity contribution in [2.75, 3.05) is 0 Å². The number of aliphatic carboxylic acids is 2. The lowest BCUT2D eigenvalue weighted by molar-refractivity contribution is -0.142. The Hall–Kier alpha value is -3.47. The standard InChI is InChI=1S/C18H24N4O7/c19-11(6-7-15(24)25)16(26)21-12(9-14(20)23)17(27)22-13(18(28)29)8-10-4-2-1-3-5-10/h1-5,11-13H,6-9,19H2,(H2,20,23)(H,21,26)(H,22,27)(H,24,25)(H,28,29)/t11-,12-,13-/m0/s1. The van der Waals surface area contributed by atoms with Crippen LogP contribution in [0.15, 0.2) is 30.3 Å². The van der Waals surface area contributed by atoms with E-state index in [2.05, 4.69) is 10.6 Å². The van der Waals surface area contributed by atoms with E-state index in [0.717, 1.165) is 0 Å². The van der Waals surface area contributed by atoms with E-state index in [9.17, 15) is 29.1 Å². The van der Waals surface area contributed by atoms with Gasteiger partial charge < -0.3 is 32.3 Å². The molecule has 0 radical (unpaired) electrons. The number of hydrogen-bond donors (Lipinski definition) is 6. The van der Waals surface area contributed by atoms with E-state index in [1.165, 1.54) is 0 Å². The van der Waals surface area contributed by atoms with Crippen LogP contribution >= 0.6 is 0 Å². The molecule has 29 heavy (non-hydrogen) atoms. The molecule has 0 saturated carbocycles. The Labute approximate surface area is 166 Å². The Kier molecular flexibility index (Phi) is 9.26. The van der Waals surface area contributed by atoms with Gasteiger partial charge in [0.1, 0.15) is 12.1 Å². The van der Waals surface area contributed by atoms with Crippen molar-refractivity contribution in [1.82, 2.24) is 10.6 Å². The number of amides is 3. The van der Waals surface area contributed by atoms with Crippen LogP contribution < -0.4 is 22.1 Å². The second kappa shape index (κ2) is 11.4. The maximum Gasteiger partial charge on any atom is 0.326 e. The highest BCUT2D eigenvalue weighted by atomic mass is 16.4. The van der Waals surface area contributed by atoms with Gasteiger partial charge in [-0.05, 0) is 12.0 Å². The van der Waals surface area contributed by atoms with Crippen molar-refractivity contribution in [1.29, 1.82) is 0 Å². The van der Waals surface area contributed by atoms with E-state index in [-0.39, 0.29) is 19.3 Å². The number of hydrogen-bond acceptors (Lipinski definition) is 6. The van der Waals surface area contributed by atoms with Crippen LogP contribution in [0.3, 0.4) is 0 Å². The van der Waals surface area contributed by atoms with Crippen LogP contribution in [0, 0.1) is 0 Å². The third-order valence-electron chi connectivity index (χ3n) is 3.94. The van der Waals surface area contributed by atoms with Gasteiger partial charge in [0.2, 0.25) is 17.7 Å². The van der Waals surface area contributed by atoms with Crippen molar-refractivity contribution in [3.05, 3.63) is 35.9 Å². The van der Waals surface area contributed by atoms with Crippen LogP contribution in [-0.2, 0) is 30.4 Å². The van der Waals surface area contributed by atoms with Crippen molar-refractivity contribution < 1.29 is 34.2 Å². The third-order valence-corrected chi connectivity index (χ3v) is 3.94. The van der Waals surface area contributed by atoms with Crippen molar-refractivity contribution in [3.8, 4) is 0 Å². The maximum absolute atomic E-state index is 12.5. The second-order valence-corrected chi connectivity index (χ2v) is 6.36. The van der Waals surface area contributed by atoms with Crippen LogP contribution in [0.2, 0.25) is 0 Å². The number of carbonyl (C=O) groups is 5. The minimum atomic E-state index is -1.45. The summed E-state index contributed by atoms with van der Waals surface area (Å²) in [5.74, 6) is -5.14. The number of primary amides is 1. The summed E-state index contributed by atoms with van der Waals surface area (Å²) in [4.78, 5) is 57.9. The maximum atomic E-state index is 12.5. The van der Waals surface area contributed by atoms with E-state index in [1.54, 1.807) is 30.3 Å². The molecule has 0 spiro atoms. The normalized spacial score (nSPS) is 13.6. The fourth-order valence-corrected chi connectivity index (χ4v) is 2.42. The van der Waals surface area contributed by atoms with Crippen LogP contribution in [0.5, 0.6) is 0 Å². The van der Waals surface area contributed by atoms with Crippen LogP contribution in [-0.4, -0.2) is 58.0 Å². The summed E-state index contributed by atoms with van der Waals surface area (Å²) in [6.45, 7) is 0. The summed E-state index contributed by atoms with van der Waals surface area (Å²) >= 11 is 0. The van der Waals surface area contributed by atoms with E-state index in [1.807, 2.05) is 0 Å². The molecule has 158 valence electrons. The summed E-state index contributed by atoms with van der Waals surface area (Å²) in [6, 6.07) is 4.57. The first-order chi connectivity index (χ1) is 13.6. The Morgan fingerprint density at radius 3 is 2.03 bits per heavy atom. The predicted octanol–water partition coefficient (Wildman–Crippen LogP) is -1.65. The molecule has 11 nitrogen and oxygen atoms in total. The van der Waals surface area contributed by atoms with Gasteiger partial charge in [-0.1, -0.05) is 30.3 Å². The SMILES string of the molecule is NC(=O)C[C@H](NC(=O)[C@@H](N)CCC(=O)O)C(=O)N[C@@H](Cc1ccccc1)C(=O)O. The zero-order chi connectivity index (χ0) is 22.0. The number of rotatable bonds is 12. The number of benzene rings is 1. The first kappa shape index (κ1) is 23.6. The lowest BCUT2D eigenvalue weighted by atomic mass is 10.0. The quantitative estimate of drug-likeness (QED) is 0.236. The molecule has 0 unspecified atom stereocenters. The van der Waals surface area contributed by atoms with Gasteiger partial charge in [0.05, 0.1) is 12.5 Å². The lowest BCUT2D eigenvalue weighted by Crippen LogP contribution is -2.55.